The number of carbonyl (C=O) groups is 1. The van der Waals surface area contributed by atoms with E-state index in [0.29, 0.717) is 11.7 Å². The molecule has 0 atom stereocenters. The Bertz CT molecular complexity index is 753. The van der Waals surface area contributed by atoms with Crippen molar-refractivity contribution in [2.24, 2.45) is 5.92 Å². The average Bonchev–Trinajstić information content (AvgIpc) is 2.93. The van der Waals surface area contributed by atoms with Crippen LogP contribution in [0, 0.1) is 5.92 Å². The van der Waals surface area contributed by atoms with Gasteiger partial charge in [0.15, 0.2) is 5.16 Å². The zero-order valence-electron chi connectivity index (χ0n) is 15.8. The minimum atomic E-state index is 0.240. The molecule has 4 rings (SSSR count). The average molecular weight is 385 g/mol. The van der Waals surface area contributed by atoms with Gasteiger partial charge < -0.3 is 9.47 Å². The van der Waals surface area contributed by atoms with Crippen molar-refractivity contribution in [1.82, 2.24) is 19.7 Å². The molecular formula is C21H28N4OS. The van der Waals surface area contributed by atoms with Gasteiger partial charge in [0.1, 0.15) is 5.82 Å². The fourth-order valence-electron chi connectivity index (χ4n) is 4.12. The van der Waals surface area contributed by atoms with E-state index in [0.717, 1.165) is 56.3 Å². The number of amides is 1. The van der Waals surface area contributed by atoms with Crippen molar-refractivity contribution in [3.05, 3.63) is 41.7 Å². The van der Waals surface area contributed by atoms with E-state index in [-0.39, 0.29) is 5.91 Å². The van der Waals surface area contributed by atoms with Crippen LogP contribution in [0.15, 0.2) is 35.5 Å². The molecule has 0 bridgehead atoms. The molecule has 6 heteroatoms. The van der Waals surface area contributed by atoms with Gasteiger partial charge in [0.05, 0.1) is 5.75 Å². The van der Waals surface area contributed by atoms with E-state index < -0.39 is 0 Å². The maximum Gasteiger partial charge on any atom is 0.233 e. The Labute approximate surface area is 165 Å². The number of fused-ring (bicyclic) bond motifs is 1. The topological polar surface area (TPSA) is 51.0 Å². The number of aryl methyl sites for hydroxylation is 1. The smallest absolute Gasteiger partial charge is 0.233 e. The van der Waals surface area contributed by atoms with Gasteiger partial charge in [0, 0.05) is 26.1 Å². The summed E-state index contributed by atoms with van der Waals surface area (Å²) in [6.45, 7) is 2.76. The van der Waals surface area contributed by atoms with Crippen LogP contribution < -0.4 is 0 Å². The zero-order valence-corrected chi connectivity index (χ0v) is 16.7. The summed E-state index contributed by atoms with van der Waals surface area (Å²) in [5, 5.41) is 9.56. The first-order valence-electron chi connectivity index (χ1n) is 10.2. The van der Waals surface area contributed by atoms with E-state index in [9.17, 15) is 4.79 Å². The molecule has 2 aromatic rings. The highest BCUT2D eigenvalue weighted by Crippen LogP contribution is 2.25. The van der Waals surface area contributed by atoms with Crippen molar-refractivity contribution in [1.29, 1.82) is 0 Å². The molecule has 2 aliphatic rings. The zero-order chi connectivity index (χ0) is 18.5. The maximum absolute atomic E-state index is 12.6. The number of aromatic nitrogens is 3. The Morgan fingerprint density at radius 1 is 1.04 bits per heavy atom. The lowest BCUT2D eigenvalue weighted by atomic mass is 9.90. The molecule has 1 aromatic carbocycles. The lowest BCUT2D eigenvalue weighted by Gasteiger charge is -2.32. The molecule has 0 spiro atoms. The number of likely N-dealkylation sites (tertiary alicyclic amines) is 1. The van der Waals surface area contributed by atoms with E-state index in [1.165, 1.54) is 24.8 Å². The first-order valence-corrected chi connectivity index (χ1v) is 11.1. The third-order valence-corrected chi connectivity index (χ3v) is 6.69. The van der Waals surface area contributed by atoms with Crippen molar-refractivity contribution < 1.29 is 4.79 Å². The number of hydrogen-bond acceptors (Lipinski definition) is 4. The number of hydrogen-bond donors (Lipinski definition) is 0. The molecule has 0 N–H and O–H groups in total. The fourth-order valence-corrected chi connectivity index (χ4v) is 5.00. The molecule has 0 saturated carbocycles. The van der Waals surface area contributed by atoms with Crippen LogP contribution in [0.5, 0.6) is 0 Å². The first kappa shape index (κ1) is 18.5. The number of thioether (sulfide) groups is 1. The van der Waals surface area contributed by atoms with Crippen molar-refractivity contribution in [3.8, 4) is 0 Å². The summed E-state index contributed by atoms with van der Waals surface area (Å²) < 4.78 is 2.22. The van der Waals surface area contributed by atoms with Crippen molar-refractivity contribution in [2.45, 2.75) is 56.6 Å². The maximum atomic E-state index is 12.6. The highest BCUT2D eigenvalue weighted by molar-refractivity contribution is 7.99. The summed E-state index contributed by atoms with van der Waals surface area (Å²) in [7, 11) is 0. The molecule has 3 heterocycles. The number of carbonyl (C=O) groups excluding carboxylic acids is 1. The molecule has 144 valence electrons. The summed E-state index contributed by atoms with van der Waals surface area (Å²) >= 11 is 1.55. The molecule has 1 fully saturated rings. The minimum absolute atomic E-state index is 0.240. The van der Waals surface area contributed by atoms with Gasteiger partial charge in [0.25, 0.3) is 0 Å². The normalized spacial score (nSPS) is 18.1. The Morgan fingerprint density at radius 2 is 1.85 bits per heavy atom. The van der Waals surface area contributed by atoms with Crippen molar-refractivity contribution >= 4 is 17.7 Å². The standard InChI is InChI=1S/C21H28N4OS/c26-20(16-27-21-23-22-19-9-5-2-6-12-25(19)21)24-13-10-18(11-14-24)15-17-7-3-1-4-8-17/h1,3-4,7-8,18H,2,5-6,9-16H2. The fraction of sp³-hybridized carbons (Fsp3) is 0.571. The second-order valence-corrected chi connectivity index (χ2v) is 8.61. The van der Waals surface area contributed by atoms with E-state index >= 15 is 0 Å². The summed E-state index contributed by atoms with van der Waals surface area (Å²) in [5.74, 6) is 2.49. The predicted molar refractivity (Wildman–Crippen MR) is 108 cm³/mol. The lowest BCUT2D eigenvalue weighted by Crippen LogP contribution is -2.39. The summed E-state index contributed by atoms with van der Waals surface area (Å²) in [6.07, 6.45) is 7.97. The Balaban J connectivity index is 1.25. The van der Waals surface area contributed by atoms with Gasteiger partial charge in [-0.3, -0.25) is 4.79 Å². The summed E-state index contributed by atoms with van der Waals surface area (Å²) in [5.41, 5.74) is 1.41. The largest absolute Gasteiger partial charge is 0.342 e. The van der Waals surface area contributed by atoms with Crippen LogP contribution in [0.2, 0.25) is 0 Å². The molecule has 2 aliphatic heterocycles. The Kier molecular flexibility index (Phi) is 6.12. The third kappa shape index (κ3) is 4.72. The number of piperidine rings is 1. The van der Waals surface area contributed by atoms with E-state index in [4.69, 9.17) is 0 Å². The van der Waals surface area contributed by atoms with Gasteiger partial charge in [-0.1, -0.05) is 48.5 Å². The number of rotatable bonds is 5. The second kappa shape index (κ2) is 8.91. The van der Waals surface area contributed by atoms with Crippen LogP contribution >= 0.6 is 11.8 Å². The third-order valence-electron chi connectivity index (χ3n) is 5.73. The van der Waals surface area contributed by atoms with Gasteiger partial charge in [-0.05, 0) is 43.6 Å². The quantitative estimate of drug-likeness (QED) is 0.740. The van der Waals surface area contributed by atoms with Crippen molar-refractivity contribution in [2.75, 3.05) is 18.8 Å². The molecular weight excluding hydrogens is 356 g/mol. The van der Waals surface area contributed by atoms with Crippen LogP contribution in [0.3, 0.4) is 0 Å². The Morgan fingerprint density at radius 3 is 2.67 bits per heavy atom. The van der Waals surface area contributed by atoms with Gasteiger partial charge in [0.2, 0.25) is 5.91 Å². The van der Waals surface area contributed by atoms with Gasteiger partial charge in [-0.25, -0.2) is 0 Å². The van der Waals surface area contributed by atoms with Crippen LogP contribution in [0.25, 0.3) is 0 Å². The molecule has 1 amide bonds. The van der Waals surface area contributed by atoms with Crippen molar-refractivity contribution in [3.63, 3.8) is 0 Å². The SMILES string of the molecule is O=C(CSc1nnc2n1CCCCC2)N1CCC(Cc2ccccc2)CC1. The molecule has 0 unspecified atom stereocenters. The summed E-state index contributed by atoms with van der Waals surface area (Å²) in [6, 6.07) is 10.7. The van der Waals surface area contributed by atoms with E-state index in [1.807, 2.05) is 4.90 Å². The molecule has 0 radical (unpaired) electrons. The van der Waals surface area contributed by atoms with Gasteiger partial charge >= 0.3 is 0 Å². The van der Waals surface area contributed by atoms with Gasteiger partial charge in [-0.15, -0.1) is 10.2 Å². The molecule has 1 saturated heterocycles. The second-order valence-electron chi connectivity index (χ2n) is 7.66. The Hall–Kier alpha value is -1.82. The van der Waals surface area contributed by atoms with Gasteiger partial charge in [-0.2, -0.15) is 0 Å². The van der Waals surface area contributed by atoms with E-state index in [1.54, 1.807) is 11.8 Å². The van der Waals surface area contributed by atoms with Crippen LogP contribution in [-0.4, -0.2) is 44.4 Å². The molecule has 27 heavy (non-hydrogen) atoms. The van der Waals surface area contributed by atoms with Crippen LogP contribution in [-0.2, 0) is 24.2 Å². The van der Waals surface area contributed by atoms with Crippen LogP contribution in [0.1, 0.15) is 43.5 Å². The first-order chi connectivity index (χ1) is 13.3. The highest BCUT2D eigenvalue weighted by atomic mass is 32.2. The monoisotopic (exact) mass is 384 g/mol. The minimum Gasteiger partial charge on any atom is -0.342 e. The predicted octanol–water partition coefficient (Wildman–Crippen LogP) is 3.58. The lowest BCUT2D eigenvalue weighted by molar-refractivity contribution is -0.129. The number of benzene rings is 1. The van der Waals surface area contributed by atoms with Crippen LogP contribution in [0.4, 0.5) is 0 Å². The number of nitrogens with zero attached hydrogens (tertiary/aromatic N) is 4. The highest BCUT2D eigenvalue weighted by Gasteiger charge is 2.24. The molecule has 5 nitrogen and oxygen atoms in total. The van der Waals surface area contributed by atoms with E-state index in [2.05, 4.69) is 45.1 Å². The molecule has 1 aromatic heterocycles. The molecule has 0 aliphatic carbocycles. The summed E-state index contributed by atoms with van der Waals surface area (Å²) in [4.78, 5) is 14.7.